The molecular weight excluding hydrogens is 330 g/mol. The third kappa shape index (κ3) is 5.84. The van der Waals surface area contributed by atoms with E-state index in [4.69, 9.17) is 4.74 Å². The molecule has 0 spiro atoms. The maximum atomic E-state index is 11.6. The molecule has 0 aliphatic rings. The van der Waals surface area contributed by atoms with E-state index in [9.17, 15) is 4.79 Å². The summed E-state index contributed by atoms with van der Waals surface area (Å²) >= 11 is 2.78. The number of aryl methyl sites for hydroxylation is 2. The highest BCUT2D eigenvalue weighted by Crippen LogP contribution is 2.28. The van der Waals surface area contributed by atoms with Crippen LogP contribution in [0.3, 0.4) is 0 Å². The smallest absolute Gasteiger partial charge is 0.316 e. The molecule has 1 aromatic carbocycles. The molecule has 0 radical (unpaired) electrons. The van der Waals surface area contributed by atoms with Crippen molar-refractivity contribution >= 4 is 39.9 Å². The number of hydrogen-bond donors (Lipinski definition) is 1. The average molecular weight is 351 g/mol. The zero-order chi connectivity index (χ0) is 16.7. The van der Waals surface area contributed by atoms with E-state index in [1.54, 1.807) is 0 Å². The van der Waals surface area contributed by atoms with Gasteiger partial charge in [0.05, 0.1) is 12.4 Å². The van der Waals surface area contributed by atoms with Crippen LogP contribution in [-0.2, 0) is 9.53 Å². The molecule has 0 fully saturated rings. The van der Waals surface area contributed by atoms with Gasteiger partial charge in [0.15, 0.2) is 4.34 Å². The van der Waals surface area contributed by atoms with E-state index >= 15 is 0 Å². The van der Waals surface area contributed by atoms with Crippen molar-refractivity contribution in [3.63, 3.8) is 0 Å². The standard InChI is InChI=1S/C16H21N3O2S2/c1-4-5-8-21-14(20)10-22-16-19-18-15(23-16)17-13-7-6-11(2)12(3)9-13/h6-7,9H,4-5,8,10H2,1-3H3,(H,17,18). The highest BCUT2D eigenvalue weighted by Gasteiger charge is 2.09. The van der Waals surface area contributed by atoms with Crippen molar-refractivity contribution in [3.05, 3.63) is 29.3 Å². The van der Waals surface area contributed by atoms with Gasteiger partial charge < -0.3 is 10.1 Å². The number of ether oxygens (including phenoxy) is 1. The molecule has 2 rings (SSSR count). The van der Waals surface area contributed by atoms with Gasteiger partial charge in [0.2, 0.25) is 5.13 Å². The molecule has 1 aromatic heterocycles. The maximum Gasteiger partial charge on any atom is 0.316 e. The zero-order valence-electron chi connectivity index (χ0n) is 13.6. The molecule has 0 saturated carbocycles. The Kier molecular flexibility index (Phi) is 6.85. The Morgan fingerprint density at radius 1 is 1.30 bits per heavy atom. The fourth-order valence-corrected chi connectivity index (χ4v) is 3.32. The van der Waals surface area contributed by atoms with E-state index in [-0.39, 0.29) is 11.7 Å². The third-order valence-electron chi connectivity index (χ3n) is 3.24. The fourth-order valence-electron chi connectivity index (χ4n) is 1.75. The van der Waals surface area contributed by atoms with Gasteiger partial charge >= 0.3 is 5.97 Å². The summed E-state index contributed by atoms with van der Waals surface area (Å²) in [4.78, 5) is 11.6. The molecule has 0 saturated heterocycles. The van der Waals surface area contributed by atoms with Gasteiger partial charge in [0, 0.05) is 5.69 Å². The first-order valence-corrected chi connectivity index (χ1v) is 9.35. The van der Waals surface area contributed by atoms with Crippen LogP contribution >= 0.6 is 23.1 Å². The van der Waals surface area contributed by atoms with E-state index in [2.05, 4.69) is 48.4 Å². The van der Waals surface area contributed by atoms with Crippen molar-refractivity contribution < 1.29 is 9.53 Å². The van der Waals surface area contributed by atoms with Gasteiger partial charge in [0.1, 0.15) is 0 Å². The second-order valence-corrected chi connectivity index (χ2v) is 7.36. The second kappa shape index (κ2) is 8.88. The van der Waals surface area contributed by atoms with Crippen molar-refractivity contribution in [2.24, 2.45) is 0 Å². The van der Waals surface area contributed by atoms with E-state index in [1.165, 1.54) is 34.2 Å². The number of anilines is 2. The lowest BCUT2D eigenvalue weighted by atomic mass is 10.1. The largest absolute Gasteiger partial charge is 0.465 e. The lowest BCUT2D eigenvalue weighted by Crippen LogP contribution is -2.08. The predicted octanol–water partition coefficient (Wildman–Crippen LogP) is 4.33. The van der Waals surface area contributed by atoms with Crippen LogP contribution in [0.2, 0.25) is 0 Å². The molecule has 7 heteroatoms. The molecule has 0 bridgehead atoms. The zero-order valence-corrected chi connectivity index (χ0v) is 15.2. The summed E-state index contributed by atoms with van der Waals surface area (Å²) in [7, 11) is 0. The average Bonchev–Trinajstić information content (AvgIpc) is 2.97. The monoisotopic (exact) mass is 351 g/mol. The molecule has 0 atom stereocenters. The number of carbonyl (C=O) groups excluding carboxylic acids is 1. The van der Waals surface area contributed by atoms with E-state index < -0.39 is 0 Å². The summed E-state index contributed by atoms with van der Waals surface area (Å²) in [5.74, 6) is 0.0597. The minimum atomic E-state index is -0.206. The summed E-state index contributed by atoms with van der Waals surface area (Å²) in [6.45, 7) is 6.71. The lowest BCUT2D eigenvalue weighted by Gasteiger charge is -2.05. The molecule has 1 heterocycles. The summed E-state index contributed by atoms with van der Waals surface area (Å²) in [6, 6.07) is 6.16. The van der Waals surface area contributed by atoms with Crippen LogP contribution in [0.5, 0.6) is 0 Å². The highest BCUT2D eigenvalue weighted by molar-refractivity contribution is 8.01. The summed E-state index contributed by atoms with van der Waals surface area (Å²) in [6.07, 6.45) is 1.92. The lowest BCUT2D eigenvalue weighted by molar-refractivity contribution is -0.140. The first kappa shape index (κ1) is 17.7. The van der Waals surface area contributed by atoms with Gasteiger partial charge in [-0.25, -0.2) is 0 Å². The van der Waals surface area contributed by atoms with Gasteiger partial charge in [-0.3, -0.25) is 4.79 Å². The number of nitrogens with zero attached hydrogens (tertiary/aromatic N) is 2. The molecule has 0 amide bonds. The van der Waals surface area contributed by atoms with Gasteiger partial charge in [-0.1, -0.05) is 42.5 Å². The topological polar surface area (TPSA) is 64.1 Å². The maximum absolute atomic E-state index is 11.6. The Balaban J connectivity index is 1.83. The first-order valence-electron chi connectivity index (χ1n) is 7.54. The molecule has 23 heavy (non-hydrogen) atoms. The van der Waals surface area contributed by atoms with Crippen molar-refractivity contribution in [2.45, 2.75) is 38.0 Å². The third-order valence-corrected chi connectivity index (χ3v) is 5.18. The Labute approximate surface area is 144 Å². The van der Waals surface area contributed by atoms with Crippen LogP contribution in [0.15, 0.2) is 22.5 Å². The molecule has 2 aromatic rings. The van der Waals surface area contributed by atoms with Crippen LogP contribution < -0.4 is 5.32 Å². The van der Waals surface area contributed by atoms with Crippen LogP contribution in [0.4, 0.5) is 10.8 Å². The highest BCUT2D eigenvalue weighted by atomic mass is 32.2. The number of aromatic nitrogens is 2. The summed E-state index contributed by atoms with van der Waals surface area (Å²) in [5, 5.41) is 12.1. The van der Waals surface area contributed by atoms with Crippen molar-refractivity contribution in [3.8, 4) is 0 Å². The number of rotatable bonds is 8. The van der Waals surface area contributed by atoms with Gasteiger partial charge in [-0.2, -0.15) is 0 Å². The SMILES string of the molecule is CCCCOC(=O)CSc1nnc(Nc2ccc(C)c(C)c2)s1. The van der Waals surface area contributed by atoms with E-state index in [1.807, 2.05) is 6.07 Å². The number of hydrogen-bond acceptors (Lipinski definition) is 7. The fraction of sp³-hybridized carbons (Fsp3) is 0.438. The van der Waals surface area contributed by atoms with Gasteiger partial charge in [-0.05, 0) is 43.5 Å². The van der Waals surface area contributed by atoms with Crippen LogP contribution in [0.25, 0.3) is 0 Å². The van der Waals surface area contributed by atoms with Gasteiger partial charge in [0.25, 0.3) is 0 Å². The summed E-state index contributed by atoms with van der Waals surface area (Å²) < 4.78 is 5.87. The molecule has 124 valence electrons. The quantitative estimate of drug-likeness (QED) is 0.434. The first-order chi connectivity index (χ1) is 11.1. The van der Waals surface area contributed by atoms with E-state index in [0.717, 1.165) is 28.0 Å². The molecule has 0 unspecified atom stereocenters. The Morgan fingerprint density at radius 3 is 2.87 bits per heavy atom. The molecule has 0 aliphatic carbocycles. The van der Waals surface area contributed by atoms with Crippen molar-refractivity contribution in [1.82, 2.24) is 10.2 Å². The Bertz CT molecular complexity index is 659. The van der Waals surface area contributed by atoms with Crippen LogP contribution in [-0.4, -0.2) is 28.5 Å². The Hall–Kier alpha value is -1.60. The van der Waals surface area contributed by atoms with Crippen LogP contribution in [0, 0.1) is 13.8 Å². The predicted molar refractivity (Wildman–Crippen MR) is 95.7 cm³/mol. The van der Waals surface area contributed by atoms with Crippen LogP contribution in [0.1, 0.15) is 30.9 Å². The molecule has 1 N–H and O–H groups in total. The van der Waals surface area contributed by atoms with Crippen molar-refractivity contribution in [1.29, 1.82) is 0 Å². The Morgan fingerprint density at radius 2 is 2.13 bits per heavy atom. The molecular formula is C16H21N3O2S2. The molecule has 0 aliphatic heterocycles. The number of esters is 1. The number of nitrogens with one attached hydrogen (secondary N) is 1. The van der Waals surface area contributed by atoms with E-state index in [0.29, 0.717) is 6.61 Å². The number of benzene rings is 1. The molecule has 5 nitrogen and oxygen atoms in total. The minimum absolute atomic E-state index is 0.206. The number of unbranched alkanes of at least 4 members (excludes halogenated alkanes) is 1. The summed E-state index contributed by atoms with van der Waals surface area (Å²) in [5.41, 5.74) is 3.47. The van der Waals surface area contributed by atoms with Crippen molar-refractivity contribution in [2.75, 3.05) is 17.7 Å². The second-order valence-electron chi connectivity index (χ2n) is 5.16. The minimum Gasteiger partial charge on any atom is -0.465 e. The van der Waals surface area contributed by atoms with Gasteiger partial charge in [-0.15, -0.1) is 10.2 Å². The number of carbonyl (C=O) groups is 1. The number of thioether (sulfide) groups is 1. The normalized spacial score (nSPS) is 10.6.